The third-order valence-corrected chi connectivity index (χ3v) is 4.80. The van der Waals surface area contributed by atoms with Gasteiger partial charge in [0.25, 0.3) is 0 Å². The van der Waals surface area contributed by atoms with Crippen LogP contribution < -0.4 is 20.7 Å². The molecule has 2 aromatic heterocycles. The highest BCUT2D eigenvalue weighted by Crippen LogP contribution is 2.26. The van der Waals surface area contributed by atoms with Crippen molar-refractivity contribution in [3.8, 4) is 11.6 Å². The predicted octanol–water partition coefficient (Wildman–Crippen LogP) is 5.88. The Labute approximate surface area is 197 Å². The van der Waals surface area contributed by atoms with E-state index >= 15 is 0 Å². The van der Waals surface area contributed by atoms with Gasteiger partial charge < -0.3 is 25.1 Å². The minimum Gasteiger partial charge on any atom is -0.453 e. The standard InChI is InChI=1S/C21H16Cl2N6O4/c1-32-21(31)29-19-25-15-8-9-17(27-18(15)28-19)33-13-5-3-12(4-6-13)24-20(30)26-16-10-11(22)2-7-14(16)23/h2-10H,1H3,(H2,24,26,30)(H2,25,27,28,29,31). The van der Waals surface area contributed by atoms with Gasteiger partial charge in [-0.15, -0.1) is 0 Å². The van der Waals surface area contributed by atoms with Crippen LogP contribution in [0.5, 0.6) is 11.6 Å². The number of amides is 3. The second-order valence-electron chi connectivity index (χ2n) is 6.55. The molecule has 0 spiro atoms. The molecular formula is C21H16Cl2N6O4. The highest BCUT2D eigenvalue weighted by molar-refractivity contribution is 6.35. The highest BCUT2D eigenvalue weighted by atomic mass is 35.5. The van der Waals surface area contributed by atoms with E-state index in [-0.39, 0.29) is 5.95 Å². The number of urea groups is 1. The number of H-pyrrole nitrogens is 1. The Morgan fingerprint density at radius 3 is 2.48 bits per heavy atom. The lowest BCUT2D eigenvalue weighted by molar-refractivity contribution is 0.186. The van der Waals surface area contributed by atoms with Crippen LogP contribution in [0.4, 0.5) is 26.9 Å². The number of nitrogens with zero attached hydrogens (tertiary/aromatic N) is 2. The van der Waals surface area contributed by atoms with E-state index in [1.165, 1.54) is 7.11 Å². The lowest BCUT2D eigenvalue weighted by Crippen LogP contribution is -2.19. The number of fused-ring (bicyclic) bond motifs is 1. The number of carbonyl (C=O) groups excluding carboxylic acids is 2. The fraction of sp³-hybridized carbons (Fsp3) is 0.0476. The zero-order chi connectivity index (χ0) is 23.4. The van der Waals surface area contributed by atoms with Gasteiger partial charge in [0.1, 0.15) is 11.3 Å². The molecule has 0 saturated carbocycles. The SMILES string of the molecule is COC(=O)Nc1nc2ccc(Oc3ccc(NC(=O)Nc4cc(Cl)ccc4Cl)cc3)nc2[nH]1. The van der Waals surface area contributed by atoms with Crippen LogP contribution in [0.25, 0.3) is 11.2 Å². The van der Waals surface area contributed by atoms with Gasteiger partial charge in [0.2, 0.25) is 11.8 Å². The minimum absolute atomic E-state index is 0.203. The molecular weight excluding hydrogens is 471 g/mol. The first-order valence-electron chi connectivity index (χ1n) is 9.42. The average Bonchev–Trinajstić information content (AvgIpc) is 3.19. The van der Waals surface area contributed by atoms with Crippen molar-refractivity contribution in [2.75, 3.05) is 23.1 Å². The zero-order valence-corrected chi connectivity index (χ0v) is 18.5. The molecule has 0 radical (unpaired) electrons. The molecule has 0 atom stereocenters. The first-order valence-corrected chi connectivity index (χ1v) is 10.2. The van der Waals surface area contributed by atoms with Gasteiger partial charge in [0, 0.05) is 16.8 Å². The molecule has 0 bridgehead atoms. The van der Waals surface area contributed by atoms with E-state index in [2.05, 4.69) is 35.6 Å². The smallest absolute Gasteiger partial charge is 0.413 e. The second-order valence-corrected chi connectivity index (χ2v) is 7.39. The number of aromatic nitrogens is 3. The summed E-state index contributed by atoms with van der Waals surface area (Å²) < 4.78 is 10.3. The summed E-state index contributed by atoms with van der Waals surface area (Å²) in [6, 6.07) is 14.3. The summed E-state index contributed by atoms with van der Waals surface area (Å²) >= 11 is 12.0. The highest BCUT2D eigenvalue weighted by Gasteiger charge is 2.10. The average molecular weight is 487 g/mol. The van der Waals surface area contributed by atoms with Crippen molar-refractivity contribution in [3.05, 3.63) is 64.6 Å². The van der Waals surface area contributed by atoms with Gasteiger partial charge >= 0.3 is 12.1 Å². The molecule has 0 fully saturated rings. The molecule has 33 heavy (non-hydrogen) atoms. The molecule has 0 unspecified atom stereocenters. The number of aromatic amines is 1. The Bertz CT molecular complexity index is 1330. The third kappa shape index (κ3) is 5.62. The number of ether oxygens (including phenoxy) is 2. The van der Waals surface area contributed by atoms with Crippen molar-refractivity contribution in [3.63, 3.8) is 0 Å². The number of nitrogens with one attached hydrogen (secondary N) is 4. The molecule has 0 aliphatic carbocycles. The van der Waals surface area contributed by atoms with Gasteiger partial charge in [-0.05, 0) is 48.5 Å². The number of halogens is 2. The summed E-state index contributed by atoms with van der Waals surface area (Å²) in [5.41, 5.74) is 1.90. The lowest BCUT2D eigenvalue weighted by Gasteiger charge is -2.10. The van der Waals surface area contributed by atoms with E-state index in [4.69, 9.17) is 27.9 Å². The van der Waals surface area contributed by atoms with E-state index in [9.17, 15) is 9.59 Å². The summed E-state index contributed by atoms with van der Waals surface area (Å²) in [7, 11) is 1.25. The van der Waals surface area contributed by atoms with Gasteiger partial charge in [-0.3, -0.25) is 5.32 Å². The second kappa shape index (κ2) is 9.63. The molecule has 10 nitrogen and oxygen atoms in total. The maximum atomic E-state index is 12.2. The Balaban J connectivity index is 1.38. The lowest BCUT2D eigenvalue weighted by atomic mass is 10.3. The Kier molecular flexibility index (Phi) is 6.48. The fourth-order valence-electron chi connectivity index (χ4n) is 2.75. The van der Waals surface area contributed by atoms with Crippen LogP contribution >= 0.6 is 23.2 Å². The Hall–Kier alpha value is -4.02. The molecule has 12 heteroatoms. The number of carbonyl (C=O) groups is 2. The topological polar surface area (TPSA) is 130 Å². The van der Waals surface area contributed by atoms with Gasteiger partial charge in [-0.2, -0.15) is 4.98 Å². The van der Waals surface area contributed by atoms with Crippen molar-refractivity contribution >= 4 is 63.8 Å². The molecule has 4 aromatic rings. The van der Waals surface area contributed by atoms with Crippen LogP contribution in [0.1, 0.15) is 0 Å². The first kappa shape index (κ1) is 22.2. The summed E-state index contributed by atoms with van der Waals surface area (Å²) in [6.07, 6.45) is -0.649. The van der Waals surface area contributed by atoms with E-state index in [1.807, 2.05) is 0 Å². The maximum Gasteiger partial charge on any atom is 0.413 e. The van der Waals surface area contributed by atoms with Crippen LogP contribution in [-0.4, -0.2) is 34.2 Å². The monoisotopic (exact) mass is 486 g/mol. The molecule has 0 aliphatic rings. The largest absolute Gasteiger partial charge is 0.453 e. The molecule has 0 saturated heterocycles. The number of hydrogen-bond acceptors (Lipinski definition) is 6. The van der Waals surface area contributed by atoms with E-state index in [1.54, 1.807) is 54.6 Å². The molecule has 3 amide bonds. The number of hydrogen-bond donors (Lipinski definition) is 4. The maximum absolute atomic E-state index is 12.2. The van der Waals surface area contributed by atoms with Gasteiger partial charge in [0.05, 0.1) is 17.8 Å². The van der Waals surface area contributed by atoms with Gasteiger partial charge in [-0.1, -0.05) is 23.2 Å². The molecule has 4 N–H and O–H groups in total. The number of benzene rings is 2. The Morgan fingerprint density at radius 1 is 0.939 bits per heavy atom. The normalized spacial score (nSPS) is 10.5. The number of anilines is 3. The van der Waals surface area contributed by atoms with Crippen LogP contribution in [0.2, 0.25) is 10.0 Å². The van der Waals surface area contributed by atoms with E-state index in [0.29, 0.717) is 44.2 Å². The van der Waals surface area contributed by atoms with Crippen LogP contribution in [0.15, 0.2) is 54.6 Å². The van der Waals surface area contributed by atoms with E-state index in [0.717, 1.165) is 0 Å². The summed E-state index contributed by atoms with van der Waals surface area (Å²) in [5.74, 6) is 1.01. The molecule has 2 heterocycles. The Morgan fingerprint density at radius 2 is 1.73 bits per heavy atom. The van der Waals surface area contributed by atoms with Crippen molar-refractivity contribution in [2.24, 2.45) is 0 Å². The zero-order valence-electron chi connectivity index (χ0n) is 17.0. The first-order chi connectivity index (χ1) is 15.9. The number of rotatable bonds is 5. The van der Waals surface area contributed by atoms with Crippen molar-refractivity contribution in [2.45, 2.75) is 0 Å². The quantitative estimate of drug-likeness (QED) is 0.278. The van der Waals surface area contributed by atoms with Crippen molar-refractivity contribution in [1.82, 2.24) is 15.0 Å². The number of methoxy groups -OCH3 is 1. The summed E-state index contributed by atoms with van der Waals surface area (Å²) in [5, 5.41) is 8.58. The van der Waals surface area contributed by atoms with Crippen LogP contribution in [0, 0.1) is 0 Å². The molecule has 2 aromatic carbocycles. The predicted molar refractivity (Wildman–Crippen MR) is 126 cm³/mol. The number of imidazole rings is 1. The van der Waals surface area contributed by atoms with Crippen LogP contribution in [-0.2, 0) is 4.74 Å². The fourth-order valence-corrected chi connectivity index (χ4v) is 3.08. The van der Waals surface area contributed by atoms with Gasteiger partial charge in [0.15, 0.2) is 5.65 Å². The van der Waals surface area contributed by atoms with E-state index < -0.39 is 12.1 Å². The summed E-state index contributed by atoms with van der Waals surface area (Å²) in [4.78, 5) is 34.9. The minimum atomic E-state index is -0.649. The van der Waals surface area contributed by atoms with Crippen molar-refractivity contribution < 1.29 is 19.1 Å². The molecule has 0 aliphatic heterocycles. The van der Waals surface area contributed by atoms with Gasteiger partial charge in [-0.25, -0.2) is 14.6 Å². The number of pyridine rings is 1. The third-order valence-electron chi connectivity index (χ3n) is 4.23. The molecule has 4 rings (SSSR count). The molecule has 168 valence electrons. The van der Waals surface area contributed by atoms with Crippen molar-refractivity contribution in [1.29, 1.82) is 0 Å². The van der Waals surface area contributed by atoms with Crippen LogP contribution in [0.3, 0.4) is 0 Å². The summed E-state index contributed by atoms with van der Waals surface area (Å²) in [6.45, 7) is 0.